The first-order valence-electron chi connectivity index (χ1n) is 10.5. The number of hydrogen-bond donors (Lipinski definition) is 1. The minimum atomic E-state index is 0.157. The Morgan fingerprint density at radius 3 is 2.75 bits per heavy atom. The van der Waals surface area contributed by atoms with E-state index in [0.717, 1.165) is 70.6 Å². The normalized spacial score (nSPS) is 16.1. The van der Waals surface area contributed by atoms with Crippen LogP contribution in [0.3, 0.4) is 0 Å². The predicted octanol–water partition coefficient (Wildman–Crippen LogP) is 3.70. The van der Waals surface area contributed by atoms with Crippen molar-refractivity contribution in [2.45, 2.75) is 42.8 Å². The number of carbonyl (C=O) groups is 1. The number of benzene rings is 1. The van der Waals surface area contributed by atoms with Gasteiger partial charge >= 0.3 is 0 Å². The highest BCUT2D eigenvalue weighted by molar-refractivity contribution is 9.10. The molecule has 2 aliphatic heterocycles. The monoisotopic (exact) mass is 518 g/mol. The van der Waals surface area contributed by atoms with Crippen molar-refractivity contribution >= 4 is 50.6 Å². The number of hydrogen-bond acceptors (Lipinski definition) is 8. The van der Waals surface area contributed by atoms with Crippen molar-refractivity contribution < 1.29 is 14.3 Å². The third-order valence-corrected chi connectivity index (χ3v) is 7.94. The fourth-order valence-electron chi connectivity index (χ4n) is 4.14. The number of rotatable bonds is 5. The number of anilines is 1. The zero-order chi connectivity index (χ0) is 22.2. The first kappa shape index (κ1) is 21.3. The molecule has 1 amide bonds. The van der Waals surface area contributed by atoms with Crippen LogP contribution in [0.2, 0.25) is 0 Å². The number of nitrogen functional groups attached to an aromatic ring is 1. The maximum absolute atomic E-state index is 11.6. The molecule has 0 saturated carbocycles. The van der Waals surface area contributed by atoms with Crippen LogP contribution in [0.25, 0.3) is 11.2 Å². The van der Waals surface area contributed by atoms with E-state index >= 15 is 0 Å². The minimum Gasteiger partial charge on any atom is -0.454 e. The van der Waals surface area contributed by atoms with Crippen LogP contribution in [0, 0.1) is 5.92 Å². The van der Waals surface area contributed by atoms with E-state index in [-0.39, 0.29) is 12.7 Å². The number of amides is 1. The zero-order valence-electron chi connectivity index (χ0n) is 17.6. The van der Waals surface area contributed by atoms with Gasteiger partial charge in [-0.05, 0) is 53.2 Å². The Morgan fingerprint density at radius 1 is 1.25 bits per heavy atom. The van der Waals surface area contributed by atoms with Crippen molar-refractivity contribution in [3.63, 3.8) is 0 Å². The first-order valence-corrected chi connectivity index (χ1v) is 12.1. The van der Waals surface area contributed by atoms with E-state index in [1.165, 1.54) is 18.1 Å². The summed E-state index contributed by atoms with van der Waals surface area (Å²) in [5.74, 6) is 2.52. The Hall–Kier alpha value is -2.53. The number of carbonyl (C=O) groups excluding carboxylic acids is 1. The van der Waals surface area contributed by atoms with Crippen LogP contribution in [0.15, 0.2) is 33.0 Å². The summed E-state index contributed by atoms with van der Waals surface area (Å²) in [6.07, 6.45) is 4.49. The molecule has 32 heavy (non-hydrogen) atoms. The van der Waals surface area contributed by atoms with E-state index in [4.69, 9.17) is 20.2 Å². The Labute approximate surface area is 197 Å². The number of aromatic nitrogens is 4. The molecule has 0 spiro atoms. The molecule has 1 saturated heterocycles. The molecule has 11 heteroatoms. The van der Waals surface area contributed by atoms with Crippen molar-refractivity contribution in [3.05, 3.63) is 22.9 Å². The SMILES string of the molecule is CC(=O)N1CCC(CCn2c(Sc3cc4c(cc3Br)OCO4)nc3c(N)ncnc32)CC1. The molecular weight excluding hydrogens is 496 g/mol. The molecule has 168 valence electrons. The molecule has 0 atom stereocenters. The molecule has 1 fully saturated rings. The van der Waals surface area contributed by atoms with Crippen molar-refractivity contribution in [2.24, 2.45) is 5.92 Å². The van der Waals surface area contributed by atoms with Gasteiger partial charge in [-0.15, -0.1) is 0 Å². The van der Waals surface area contributed by atoms with Crippen LogP contribution >= 0.6 is 27.7 Å². The second-order valence-electron chi connectivity index (χ2n) is 7.95. The largest absolute Gasteiger partial charge is 0.454 e. The van der Waals surface area contributed by atoms with Gasteiger partial charge in [0.1, 0.15) is 6.33 Å². The molecular formula is C21H23BrN6O3S. The molecule has 2 N–H and O–H groups in total. The summed E-state index contributed by atoms with van der Waals surface area (Å²) in [5, 5.41) is 0.799. The Balaban J connectivity index is 1.40. The number of halogens is 1. The Kier molecular flexibility index (Phi) is 5.85. The summed E-state index contributed by atoms with van der Waals surface area (Å²) in [5.41, 5.74) is 7.44. The zero-order valence-corrected chi connectivity index (χ0v) is 20.0. The second-order valence-corrected chi connectivity index (χ2v) is 9.82. The van der Waals surface area contributed by atoms with Crippen LogP contribution in [0.4, 0.5) is 5.82 Å². The fourth-order valence-corrected chi connectivity index (χ4v) is 5.65. The standard InChI is InChI=1S/C21H23BrN6O3S/c1-12(29)27-5-2-13(3-6-27)4-7-28-20-18(19(23)24-10-25-20)26-21(28)32-17-9-16-15(8-14(17)22)30-11-31-16/h8-10,13H,2-7,11H2,1H3,(H2,23,24,25). The van der Waals surface area contributed by atoms with Crippen molar-refractivity contribution in [1.29, 1.82) is 0 Å². The number of imidazole rings is 1. The lowest BCUT2D eigenvalue weighted by Crippen LogP contribution is -2.37. The second kappa shape index (κ2) is 8.78. The van der Waals surface area contributed by atoms with Gasteiger partial charge in [0.15, 0.2) is 33.6 Å². The Bertz CT molecular complexity index is 1180. The molecule has 0 bridgehead atoms. The third-order valence-electron chi connectivity index (χ3n) is 5.97. The maximum atomic E-state index is 11.6. The molecule has 2 aliphatic rings. The van der Waals surface area contributed by atoms with E-state index in [0.29, 0.717) is 17.3 Å². The van der Waals surface area contributed by atoms with E-state index < -0.39 is 0 Å². The number of piperidine rings is 1. The molecule has 0 aliphatic carbocycles. The lowest BCUT2D eigenvalue weighted by atomic mass is 9.93. The van der Waals surface area contributed by atoms with Gasteiger partial charge in [-0.3, -0.25) is 4.79 Å². The smallest absolute Gasteiger partial charge is 0.231 e. The van der Waals surface area contributed by atoms with Gasteiger partial charge in [-0.2, -0.15) is 0 Å². The molecule has 9 nitrogen and oxygen atoms in total. The topological polar surface area (TPSA) is 108 Å². The summed E-state index contributed by atoms with van der Waals surface area (Å²) in [4.78, 5) is 27.8. The van der Waals surface area contributed by atoms with Crippen molar-refractivity contribution in [3.8, 4) is 11.5 Å². The number of aryl methyl sites for hydroxylation is 1. The van der Waals surface area contributed by atoms with Crippen molar-refractivity contribution in [2.75, 3.05) is 25.6 Å². The van der Waals surface area contributed by atoms with Gasteiger partial charge in [-0.1, -0.05) is 11.8 Å². The summed E-state index contributed by atoms with van der Waals surface area (Å²) < 4.78 is 14.0. The average Bonchev–Trinajstić information content (AvgIpc) is 3.37. The van der Waals surface area contributed by atoms with E-state index in [2.05, 4.69) is 30.5 Å². The summed E-state index contributed by atoms with van der Waals surface area (Å²) in [7, 11) is 0. The molecule has 0 radical (unpaired) electrons. The molecule has 1 aromatic carbocycles. The molecule has 2 aromatic heterocycles. The number of ether oxygens (including phenoxy) is 2. The number of nitrogens with two attached hydrogens (primary N) is 1. The average molecular weight is 519 g/mol. The predicted molar refractivity (Wildman–Crippen MR) is 124 cm³/mol. The van der Waals surface area contributed by atoms with Gasteiger partial charge in [-0.25, -0.2) is 15.0 Å². The van der Waals surface area contributed by atoms with Gasteiger partial charge < -0.3 is 24.7 Å². The van der Waals surface area contributed by atoms with Crippen LogP contribution < -0.4 is 15.2 Å². The third kappa shape index (κ3) is 4.11. The molecule has 3 aromatic rings. The Morgan fingerprint density at radius 2 is 2.00 bits per heavy atom. The van der Waals surface area contributed by atoms with Crippen LogP contribution in [-0.2, 0) is 11.3 Å². The number of nitrogens with zero attached hydrogens (tertiary/aromatic N) is 5. The quantitative estimate of drug-likeness (QED) is 0.544. The van der Waals surface area contributed by atoms with Crippen LogP contribution in [0.1, 0.15) is 26.2 Å². The summed E-state index contributed by atoms with van der Waals surface area (Å²) in [6.45, 7) is 4.28. The van der Waals surface area contributed by atoms with Crippen LogP contribution in [-0.4, -0.2) is 50.2 Å². The highest BCUT2D eigenvalue weighted by atomic mass is 79.9. The van der Waals surface area contributed by atoms with E-state index in [1.54, 1.807) is 6.92 Å². The van der Waals surface area contributed by atoms with Crippen LogP contribution in [0.5, 0.6) is 11.5 Å². The van der Waals surface area contributed by atoms with E-state index in [9.17, 15) is 4.79 Å². The minimum absolute atomic E-state index is 0.157. The number of fused-ring (bicyclic) bond motifs is 2. The molecule has 0 unspecified atom stereocenters. The highest BCUT2D eigenvalue weighted by Gasteiger charge is 2.23. The van der Waals surface area contributed by atoms with E-state index in [1.807, 2.05) is 17.0 Å². The fraction of sp³-hybridized carbons (Fsp3) is 0.429. The summed E-state index contributed by atoms with van der Waals surface area (Å²) in [6, 6.07) is 3.86. The summed E-state index contributed by atoms with van der Waals surface area (Å²) >= 11 is 5.16. The van der Waals surface area contributed by atoms with Crippen molar-refractivity contribution in [1.82, 2.24) is 24.4 Å². The van der Waals surface area contributed by atoms with Gasteiger partial charge in [0.05, 0.1) is 0 Å². The molecule has 5 rings (SSSR count). The van der Waals surface area contributed by atoms with Gasteiger partial charge in [0.2, 0.25) is 12.7 Å². The lowest BCUT2D eigenvalue weighted by molar-refractivity contribution is -0.130. The van der Waals surface area contributed by atoms with Gasteiger partial charge in [0, 0.05) is 35.9 Å². The van der Waals surface area contributed by atoms with Gasteiger partial charge in [0.25, 0.3) is 0 Å². The highest BCUT2D eigenvalue weighted by Crippen LogP contribution is 2.43. The number of likely N-dealkylation sites (tertiary alicyclic amines) is 1. The first-order chi connectivity index (χ1) is 15.5. The maximum Gasteiger partial charge on any atom is 0.231 e. The molecule has 4 heterocycles. The lowest BCUT2D eigenvalue weighted by Gasteiger charge is -2.31.